The van der Waals surface area contributed by atoms with Gasteiger partial charge >= 0.3 is 0 Å². The van der Waals surface area contributed by atoms with Crippen LogP contribution in [0.4, 0.5) is 11.5 Å². The van der Waals surface area contributed by atoms with Gasteiger partial charge in [-0.2, -0.15) is 0 Å². The average molecular weight is 434 g/mol. The third-order valence-corrected chi connectivity index (χ3v) is 6.35. The molecule has 0 spiro atoms. The van der Waals surface area contributed by atoms with Crippen molar-refractivity contribution in [1.82, 2.24) is 14.6 Å². The summed E-state index contributed by atoms with van der Waals surface area (Å²) in [5.74, 6) is 1.16. The zero-order chi connectivity index (χ0) is 21.6. The van der Waals surface area contributed by atoms with Gasteiger partial charge in [0, 0.05) is 39.1 Å². The van der Waals surface area contributed by atoms with Crippen LogP contribution in [0.3, 0.4) is 0 Å². The van der Waals surface area contributed by atoms with Crippen LogP contribution in [-0.2, 0) is 14.8 Å². The van der Waals surface area contributed by atoms with E-state index in [2.05, 4.69) is 31.9 Å². The molecule has 10 heteroatoms. The maximum absolute atomic E-state index is 12.3. The molecule has 3 rings (SSSR count). The predicted octanol–water partition coefficient (Wildman–Crippen LogP) is 1.15. The van der Waals surface area contributed by atoms with Gasteiger partial charge in [-0.15, -0.1) is 0 Å². The third kappa shape index (κ3) is 5.91. The first kappa shape index (κ1) is 22.0. The summed E-state index contributed by atoms with van der Waals surface area (Å²) in [5, 5.41) is 2.74. The van der Waals surface area contributed by atoms with Gasteiger partial charge in [0.15, 0.2) is 0 Å². The van der Waals surface area contributed by atoms with Gasteiger partial charge in [0.05, 0.1) is 23.9 Å². The number of hydrogen-bond acceptors (Lipinski definition) is 7. The van der Waals surface area contributed by atoms with Crippen LogP contribution in [0.2, 0.25) is 0 Å². The number of amides is 1. The summed E-state index contributed by atoms with van der Waals surface area (Å²) in [6.07, 6.45) is 1.63. The lowest BCUT2D eigenvalue weighted by molar-refractivity contribution is -0.116. The van der Waals surface area contributed by atoms with Crippen molar-refractivity contribution in [2.45, 2.75) is 11.3 Å². The van der Waals surface area contributed by atoms with E-state index in [9.17, 15) is 13.2 Å². The first-order valence-corrected chi connectivity index (χ1v) is 11.2. The molecule has 0 radical (unpaired) electrons. The van der Waals surface area contributed by atoms with E-state index in [1.807, 2.05) is 6.07 Å². The van der Waals surface area contributed by atoms with Crippen LogP contribution in [0, 0.1) is 0 Å². The number of anilines is 2. The number of methoxy groups -OCH3 is 1. The average Bonchev–Trinajstić information content (AvgIpc) is 2.75. The molecule has 1 aromatic carbocycles. The summed E-state index contributed by atoms with van der Waals surface area (Å²) < 4.78 is 32.0. The quantitative estimate of drug-likeness (QED) is 0.644. The van der Waals surface area contributed by atoms with E-state index in [1.54, 1.807) is 24.4 Å². The number of sulfonamides is 1. The second-order valence-corrected chi connectivity index (χ2v) is 8.83. The number of piperazine rings is 1. The molecule has 9 nitrogen and oxygen atoms in total. The van der Waals surface area contributed by atoms with Gasteiger partial charge in [0.1, 0.15) is 11.6 Å². The Labute approximate surface area is 177 Å². The molecule has 1 amide bonds. The minimum atomic E-state index is -3.68. The van der Waals surface area contributed by atoms with Gasteiger partial charge in [-0.05, 0) is 43.4 Å². The van der Waals surface area contributed by atoms with Crippen molar-refractivity contribution in [2.75, 3.05) is 57.1 Å². The lowest BCUT2D eigenvalue weighted by Crippen LogP contribution is -2.44. The number of nitrogens with one attached hydrogen (secondary N) is 2. The number of hydrogen-bond donors (Lipinski definition) is 2. The fourth-order valence-corrected chi connectivity index (χ4v) is 4.08. The molecule has 0 aliphatic carbocycles. The molecule has 162 valence electrons. The van der Waals surface area contributed by atoms with Crippen molar-refractivity contribution in [3.05, 3.63) is 42.6 Å². The summed E-state index contributed by atoms with van der Waals surface area (Å²) in [6.45, 7) is 3.82. The smallest absolute Gasteiger partial charge is 0.240 e. The van der Waals surface area contributed by atoms with E-state index >= 15 is 0 Å². The van der Waals surface area contributed by atoms with Gasteiger partial charge in [0.25, 0.3) is 0 Å². The zero-order valence-electron chi connectivity index (χ0n) is 17.2. The predicted molar refractivity (Wildman–Crippen MR) is 115 cm³/mol. The highest BCUT2D eigenvalue weighted by molar-refractivity contribution is 7.89. The number of nitrogens with zero attached hydrogens (tertiary/aromatic N) is 3. The van der Waals surface area contributed by atoms with E-state index in [0.29, 0.717) is 11.4 Å². The van der Waals surface area contributed by atoms with Gasteiger partial charge in [-0.3, -0.25) is 4.79 Å². The van der Waals surface area contributed by atoms with Gasteiger partial charge in [-0.25, -0.2) is 18.1 Å². The third-order valence-electron chi connectivity index (χ3n) is 4.87. The van der Waals surface area contributed by atoms with E-state index in [1.165, 1.54) is 19.2 Å². The molecule has 2 N–H and O–H groups in total. The number of ether oxygens (including phenoxy) is 1. The Kier molecular flexibility index (Phi) is 7.24. The molecule has 2 heterocycles. The molecule has 1 aromatic heterocycles. The van der Waals surface area contributed by atoms with E-state index in [-0.39, 0.29) is 23.8 Å². The van der Waals surface area contributed by atoms with Crippen molar-refractivity contribution in [3.8, 4) is 5.75 Å². The number of rotatable bonds is 8. The van der Waals surface area contributed by atoms with Crippen LogP contribution in [0.1, 0.15) is 6.42 Å². The fourth-order valence-electron chi connectivity index (χ4n) is 3.04. The molecule has 0 bridgehead atoms. The minimum absolute atomic E-state index is 0.00694. The van der Waals surface area contributed by atoms with Gasteiger partial charge < -0.3 is 19.9 Å². The second kappa shape index (κ2) is 9.88. The molecule has 1 aliphatic heterocycles. The van der Waals surface area contributed by atoms with Crippen LogP contribution in [0.25, 0.3) is 0 Å². The SMILES string of the molecule is COc1ccc(S(=O)(=O)NCCC(=O)Nc2ccc(N3CCN(C)CC3)nc2)cc1. The van der Waals surface area contributed by atoms with Crippen LogP contribution in [0.15, 0.2) is 47.5 Å². The van der Waals surface area contributed by atoms with Crippen LogP contribution < -0.4 is 19.7 Å². The molecular formula is C20H27N5O4S. The van der Waals surface area contributed by atoms with Crippen molar-refractivity contribution in [3.63, 3.8) is 0 Å². The lowest BCUT2D eigenvalue weighted by Gasteiger charge is -2.33. The molecule has 0 atom stereocenters. The monoisotopic (exact) mass is 433 g/mol. The standard InChI is InChI=1S/C20H27N5O4S/c1-24-11-13-25(14-12-24)19-8-3-16(15-21-19)23-20(26)9-10-22-30(27,28)18-6-4-17(29-2)5-7-18/h3-8,15,22H,9-14H2,1-2H3,(H,23,26). The van der Waals surface area contributed by atoms with Crippen molar-refractivity contribution >= 4 is 27.4 Å². The van der Waals surface area contributed by atoms with Gasteiger partial charge in [-0.1, -0.05) is 0 Å². The number of aromatic nitrogens is 1. The number of pyridine rings is 1. The molecule has 1 aliphatic rings. The number of carbonyl (C=O) groups is 1. The maximum atomic E-state index is 12.3. The molecule has 2 aromatic rings. The van der Waals surface area contributed by atoms with E-state index < -0.39 is 10.0 Å². The molecular weight excluding hydrogens is 406 g/mol. The van der Waals surface area contributed by atoms with Crippen molar-refractivity contribution < 1.29 is 17.9 Å². The number of carbonyl (C=O) groups excluding carboxylic acids is 1. The van der Waals surface area contributed by atoms with Crippen LogP contribution in [0.5, 0.6) is 5.75 Å². The molecule has 30 heavy (non-hydrogen) atoms. The van der Waals surface area contributed by atoms with Crippen LogP contribution >= 0.6 is 0 Å². The second-order valence-electron chi connectivity index (χ2n) is 7.07. The maximum Gasteiger partial charge on any atom is 0.240 e. The largest absolute Gasteiger partial charge is 0.497 e. The Bertz CT molecular complexity index is 940. The Morgan fingerprint density at radius 1 is 1.10 bits per heavy atom. The summed E-state index contributed by atoms with van der Waals surface area (Å²) in [5.41, 5.74) is 0.580. The molecule has 0 unspecified atom stereocenters. The Hall–Kier alpha value is -2.69. The van der Waals surface area contributed by atoms with Crippen molar-refractivity contribution in [2.24, 2.45) is 0 Å². The highest BCUT2D eigenvalue weighted by atomic mass is 32.2. The highest BCUT2D eigenvalue weighted by Gasteiger charge is 2.16. The summed E-state index contributed by atoms with van der Waals surface area (Å²) in [7, 11) is -0.0752. The zero-order valence-corrected chi connectivity index (χ0v) is 18.0. The topological polar surface area (TPSA) is 104 Å². The Morgan fingerprint density at radius 3 is 2.40 bits per heavy atom. The molecule has 1 saturated heterocycles. The molecule has 0 saturated carbocycles. The fraction of sp³-hybridized carbons (Fsp3) is 0.400. The van der Waals surface area contributed by atoms with E-state index in [0.717, 1.165) is 32.0 Å². The Balaban J connectivity index is 1.46. The van der Waals surface area contributed by atoms with Crippen LogP contribution in [-0.4, -0.2) is 71.1 Å². The number of likely N-dealkylation sites (N-methyl/N-ethyl adjacent to an activating group) is 1. The van der Waals surface area contributed by atoms with Gasteiger partial charge in [0.2, 0.25) is 15.9 Å². The molecule has 1 fully saturated rings. The Morgan fingerprint density at radius 2 is 1.80 bits per heavy atom. The first-order valence-electron chi connectivity index (χ1n) is 9.70. The summed E-state index contributed by atoms with van der Waals surface area (Å²) in [6, 6.07) is 9.73. The number of benzene rings is 1. The minimum Gasteiger partial charge on any atom is -0.497 e. The summed E-state index contributed by atoms with van der Waals surface area (Å²) >= 11 is 0. The van der Waals surface area contributed by atoms with E-state index in [4.69, 9.17) is 4.74 Å². The first-order chi connectivity index (χ1) is 14.4. The summed E-state index contributed by atoms with van der Waals surface area (Å²) in [4.78, 5) is 21.2. The van der Waals surface area contributed by atoms with Crippen molar-refractivity contribution in [1.29, 1.82) is 0 Å². The normalized spacial score (nSPS) is 15.1. The highest BCUT2D eigenvalue weighted by Crippen LogP contribution is 2.17. The lowest BCUT2D eigenvalue weighted by atomic mass is 10.3.